The van der Waals surface area contributed by atoms with E-state index in [0.29, 0.717) is 11.6 Å². The molecule has 136 valence electrons. The SMILES string of the molecule is Nc1ccc(-c2ccc(C(F)(F)F)c(S(N)(=O)=O)c2C2=NCN=N2)cn1. The van der Waals surface area contributed by atoms with Crippen LogP contribution in [0, 0.1) is 0 Å². The molecule has 3 rings (SSSR count). The Morgan fingerprint density at radius 1 is 1.12 bits per heavy atom. The number of primary sulfonamides is 1. The van der Waals surface area contributed by atoms with Crippen LogP contribution in [0.25, 0.3) is 11.1 Å². The van der Waals surface area contributed by atoms with Gasteiger partial charge in [-0.15, -0.1) is 5.11 Å². The average Bonchev–Trinajstić information content (AvgIpc) is 3.06. The van der Waals surface area contributed by atoms with Gasteiger partial charge in [-0.1, -0.05) is 6.07 Å². The van der Waals surface area contributed by atoms with Crippen molar-refractivity contribution in [2.24, 2.45) is 20.4 Å². The first kappa shape index (κ1) is 17.9. The van der Waals surface area contributed by atoms with Crippen molar-refractivity contribution in [2.75, 3.05) is 12.4 Å². The molecule has 12 heteroatoms. The number of sulfonamides is 1. The van der Waals surface area contributed by atoms with Crippen molar-refractivity contribution >= 4 is 21.7 Å². The van der Waals surface area contributed by atoms with E-state index >= 15 is 0 Å². The molecule has 0 spiro atoms. The number of azo groups is 1. The zero-order valence-corrected chi connectivity index (χ0v) is 13.7. The first-order valence-corrected chi connectivity index (χ1v) is 8.55. The summed E-state index contributed by atoms with van der Waals surface area (Å²) in [6.07, 6.45) is -3.66. The normalized spacial score (nSPS) is 14.5. The molecule has 0 saturated heterocycles. The van der Waals surface area contributed by atoms with Gasteiger partial charge in [-0.3, -0.25) is 0 Å². The van der Waals surface area contributed by atoms with E-state index in [0.717, 1.165) is 6.07 Å². The molecule has 0 amide bonds. The standard InChI is InChI=1S/C14H11F3N6O2S/c15-14(16,17)9-3-2-8(7-1-4-10(18)20-5-7)11(12(9)26(19,24)25)13-21-6-22-23-13/h1-5H,6H2,(H2,18,20)(H2,19,24,25). The number of amidine groups is 1. The second-order valence-corrected chi connectivity index (χ2v) is 6.74. The van der Waals surface area contributed by atoms with Crippen molar-refractivity contribution in [3.05, 3.63) is 41.6 Å². The minimum Gasteiger partial charge on any atom is -0.384 e. The Kier molecular flexibility index (Phi) is 4.24. The molecular weight excluding hydrogens is 373 g/mol. The van der Waals surface area contributed by atoms with Crippen LogP contribution in [0.3, 0.4) is 0 Å². The number of hydrogen-bond donors (Lipinski definition) is 2. The Morgan fingerprint density at radius 3 is 2.35 bits per heavy atom. The number of pyridine rings is 1. The molecular formula is C14H11F3N6O2S. The van der Waals surface area contributed by atoms with Crippen LogP contribution in [-0.2, 0) is 16.2 Å². The van der Waals surface area contributed by atoms with Crippen molar-refractivity contribution < 1.29 is 21.6 Å². The van der Waals surface area contributed by atoms with Crippen LogP contribution >= 0.6 is 0 Å². The number of halogens is 3. The van der Waals surface area contributed by atoms with Crippen LogP contribution in [0.2, 0.25) is 0 Å². The zero-order valence-electron chi connectivity index (χ0n) is 12.9. The first-order valence-electron chi connectivity index (χ1n) is 7.00. The Morgan fingerprint density at radius 2 is 1.85 bits per heavy atom. The van der Waals surface area contributed by atoms with Gasteiger partial charge in [-0.25, -0.2) is 23.5 Å². The van der Waals surface area contributed by atoms with E-state index in [2.05, 4.69) is 20.2 Å². The fourth-order valence-electron chi connectivity index (χ4n) is 2.49. The second-order valence-electron chi connectivity index (χ2n) is 5.24. The molecule has 8 nitrogen and oxygen atoms in total. The summed E-state index contributed by atoms with van der Waals surface area (Å²) >= 11 is 0. The number of aromatic nitrogens is 1. The van der Waals surface area contributed by atoms with Gasteiger partial charge in [0.05, 0.1) is 5.56 Å². The fourth-order valence-corrected chi connectivity index (χ4v) is 3.46. The number of anilines is 1. The number of nitrogen functional groups attached to an aromatic ring is 1. The van der Waals surface area contributed by atoms with E-state index in [-0.39, 0.29) is 29.4 Å². The molecule has 0 fully saturated rings. The van der Waals surface area contributed by atoms with Gasteiger partial charge < -0.3 is 5.73 Å². The molecule has 1 aromatic heterocycles. The summed E-state index contributed by atoms with van der Waals surface area (Å²) in [5, 5.41) is 12.3. The summed E-state index contributed by atoms with van der Waals surface area (Å²) in [5.41, 5.74) is 4.15. The van der Waals surface area contributed by atoms with Crippen LogP contribution in [-0.4, -0.2) is 25.9 Å². The van der Waals surface area contributed by atoms with E-state index < -0.39 is 26.7 Å². The lowest BCUT2D eigenvalue weighted by atomic mass is 9.97. The van der Waals surface area contributed by atoms with Crippen LogP contribution < -0.4 is 10.9 Å². The summed E-state index contributed by atoms with van der Waals surface area (Å²) in [7, 11) is -4.77. The Hall–Kier alpha value is -2.86. The van der Waals surface area contributed by atoms with Gasteiger partial charge in [0.25, 0.3) is 0 Å². The van der Waals surface area contributed by atoms with E-state index in [1.54, 1.807) is 0 Å². The second kappa shape index (κ2) is 6.14. The van der Waals surface area contributed by atoms with Crippen molar-refractivity contribution in [1.29, 1.82) is 0 Å². The maximum absolute atomic E-state index is 13.4. The number of alkyl halides is 3. The molecule has 0 saturated carbocycles. The van der Waals surface area contributed by atoms with Crippen LogP contribution in [0.4, 0.5) is 19.0 Å². The molecule has 0 radical (unpaired) electrons. The smallest absolute Gasteiger partial charge is 0.384 e. The summed E-state index contributed by atoms with van der Waals surface area (Å²) in [4.78, 5) is 6.61. The predicted molar refractivity (Wildman–Crippen MR) is 86.7 cm³/mol. The highest BCUT2D eigenvalue weighted by Gasteiger charge is 2.40. The van der Waals surface area contributed by atoms with Gasteiger partial charge in [0.2, 0.25) is 10.0 Å². The highest BCUT2D eigenvalue weighted by Crippen LogP contribution is 2.40. The van der Waals surface area contributed by atoms with Gasteiger partial charge in [0.15, 0.2) is 12.5 Å². The van der Waals surface area contributed by atoms with Crippen molar-refractivity contribution in [1.82, 2.24) is 4.98 Å². The monoisotopic (exact) mass is 384 g/mol. The third-order valence-electron chi connectivity index (χ3n) is 3.52. The number of nitrogens with zero attached hydrogens (tertiary/aromatic N) is 4. The topological polar surface area (TPSA) is 136 Å². The molecule has 1 aromatic carbocycles. The van der Waals surface area contributed by atoms with Gasteiger partial charge in [-0.2, -0.15) is 18.3 Å². The van der Waals surface area contributed by atoms with Crippen molar-refractivity contribution in [2.45, 2.75) is 11.1 Å². The summed E-state index contributed by atoms with van der Waals surface area (Å²) in [5.74, 6) is -0.0706. The predicted octanol–water partition coefficient (Wildman–Crippen LogP) is 2.17. The lowest BCUT2D eigenvalue weighted by Crippen LogP contribution is -2.23. The van der Waals surface area contributed by atoms with Gasteiger partial charge in [0, 0.05) is 17.3 Å². The van der Waals surface area contributed by atoms with Crippen molar-refractivity contribution in [3.63, 3.8) is 0 Å². The van der Waals surface area contributed by atoms with Gasteiger partial charge >= 0.3 is 6.18 Å². The Balaban J connectivity index is 2.43. The largest absolute Gasteiger partial charge is 0.417 e. The quantitative estimate of drug-likeness (QED) is 0.838. The minimum atomic E-state index is -4.95. The zero-order chi connectivity index (χ0) is 19.1. The Labute approximate surface area is 145 Å². The van der Waals surface area contributed by atoms with Gasteiger partial charge in [0.1, 0.15) is 10.7 Å². The third-order valence-corrected chi connectivity index (χ3v) is 4.51. The van der Waals surface area contributed by atoms with Gasteiger partial charge in [-0.05, 0) is 23.8 Å². The van der Waals surface area contributed by atoms with E-state index in [9.17, 15) is 21.6 Å². The minimum absolute atomic E-state index is 0.106. The average molecular weight is 384 g/mol. The lowest BCUT2D eigenvalue weighted by molar-refractivity contribution is -0.139. The fraction of sp³-hybridized carbons (Fsp3) is 0.143. The number of hydrogen-bond acceptors (Lipinski definition) is 7. The number of rotatable bonds is 3. The van der Waals surface area contributed by atoms with Crippen LogP contribution in [0.1, 0.15) is 11.1 Å². The van der Waals surface area contributed by atoms with Crippen LogP contribution in [0.15, 0.2) is 50.6 Å². The summed E-state index contributed by atoms with van der Waals surface area (Å²) in [6.45, 7) is -0.130. The van der Waals surface area contributed by atoms with Crippen molar-refractivity contribution in [3.8, 4) is 11.1 Å². The molecule has 1 aliphatic rings. The molecule has 0 aliphatic carbocycles. The summed E-state index contributed by atoms with van der Waals surface area (Å²) < 4.78 is 64.2. The summed E-state index contributed by atoms with van der Waals surface area (Å²) in [6, 6.07) is 4.65. The highest BCUT2D eigenvalue weighted by atomic mass is 32.2. The first-order chi connectivity index (χ1) is 12.1. The maximum Gasteiger partial charge on any atom is 0.417 e. The molecule has 26 heavy (non-hydrogen) atoms. The number of benzene rings is 1. The highest BCUT2D eigenvalue weighted by molar-refractivity contribution is 7.89. The third kappa shape index (κ3) is 3.28. The number of aliphatic imine (C=N–C) groups is 1. The van der Waals surface area contributed by atoms with E-state index in [1.165, 1.54) is 18.3 Å². The molecule has 1 aliphatic heterocycles. The molecule has 4 N–H and O–H groups in total. The van der Waals surface area contributed by atoms with E-state index in [4.69, 9.17) is 10.9 Å². The molecule has 2 heterocycles. The van der Waals surface area contributed by atoms with Crippen LogP contribution in [0.5, 0.6) is 0 Å². The van der Waals surface area contributed by atoms with E-state index in [1.807, 2.05) is 0 Å². The lowest BCUT2D eigenvalue weighted by Gasteiger charge is -2.18. The maximum atomic E-state index is 13.4. The Bertz CT molecular complexity index is 1030. The molecule has 2 aromatic rings. The molecule has 0 unspecified atom stereocenters. The molecule has 0 bridgehead atoms. The number of nitrogens with two attached hydrogens (primary N) is 2. The molecule has 0 atom stereocenters.